The lowest BCUT2D eigenvalue weighted by molar-refractivity contribution is -0.119. The summed E-state index contributed by atoms with van der Waals surface area (Å²) in [6, 6.07) is 23.7. The van der Waals surface area contributed by atoms with Gasteiger partial charge in [0.15, 0.2) is 0 Å². The summed E-state index contributed by atoms with van der Waals surface area (Å²) in [6.07, 6.45) is 12.6. The van der Waals surface area contributed by atoms with Crippen molar-refractivity contribution in [1.29, 1.82) is 0 Å². The number of carbonyl (C=O) groups excluding carboxylic acids is 1. The number of oxime groups is 1. The molecule has 0 aliphatic heterocycles. The minimum Gasteiger partial charge on any atom is -0.496 e. The fourth-order valence-corrected chi connectivity index (χ4v) is 4.42. The molecule has 3 saturated carbocycles. The van der Waals surface area contributed by atoms with Crippen LogP contribution in [-0.2, 0) is 43.3 Å². The quantitative estimate of drug-likeness (QED) is 0.0401. The van der Waals surface area contributed by atoms with Crippen molar-refractivity contribution in [3.05, 3.63) is 101 Å². The van der Waals surface area contributed by atoms with Gasteiger partial charge in [-0.25, -0.2) is 4.39 Å². The van der Waals surface area contributed by atoms with Crippen molar-refractivity contribution in [2.75, 3.05) is 88.2 Å². The molecule has 1 amide bonds. The second-order valence-electron chi connectivity index (χ2n) is 18.7. The summed E-state index contributed by atoms with van der Waals surface area (Å²) in [5.41, 5.74) is 3.81. The number of nitrogens with zero attached hydrogens (tertiary/aromatic N) is 2. The van der Waals surface area contributed by atoms with Gasteiger partial charge in [0, 0.05) is 66.4 Å². The van der Waals surface area contributed by atoms with Crippen LogP contribution in [0.4, 0.5) is 4.39 Å². The maximum Gasteiger partial charge on any atom is 0.217 e. The number of aliphatic hydroxyl groups excluding tert-OH is 1. The van der Waals surface area contributed by atoms with E-state index in [-0.39, 0.29) is 18.3 Å². The molecule has 0 radical (unpaired) electrons. The van der Waals surface area contributed by atoms with Crippen molar-refractivity contribution in [3.8, 4) is 5.75 Å². The van der Waals surface area contributed by atoms with E-state index in [1.165, 1.54) is 81.3 Å². The molecule has 0 bridgehead atoms. The summed E-state index contributed by atoms with van der Waals surface area (Å²) in [5, 5.41) is 32.1. The molecular weight excluding hydrogens is 964 g/mol. The van der Waals surface area contributed by atoms with E-state index in [2.05, 4.69) is 92.3 Å². The Balaban J connectivity index is -0.000000181. The van der Waals surface area contributed by atoms with Gasteiger partial charge in [0.05, 0.1) is 32.5 Å². The summed E-state index contributed by atoms with van der Waals surface area (Å²) in [5.74, 6) is 2.88. The number of aliphatic hydroxyl groups is 2. The summed E-state index contributed by atoms with van der Waals surface area (Å²) in [7, 11) is 9.16. The summed E-state index contributed by atoms with van der Waals surface area (Å²) >= 11 is 0. The van der Waals surface area contributed by atoms with Crippen LogP contribution in [0.3, 0.4) is 0 Å². The van der Waals surface area contributed by atoms with Crippen molar-refractivity contribution >= 4 is 12.1 Å². The molecule has 0 heterocycles. The Kier molecular flexibility index (Phi) is 69.7. The number of carbonyl (C=O) groups is 1. The molecule has 3 aliphatic carbocycles. The number of para-hydroxylation sites is 1. The minimum absolute atomic E-state index is 0.0799. The standard InChI is InChI=1S/C10H12FNO.2C9H12O.C5H11N.C5H12O2.C5H10.C4H11N.C4H10O.C4H8.C3H8O.C2H5NO.C2H6O/c1-7-5-10(11)4-3-9(7)6-12-8(2)13;1-3-8-6-4-5-7-9(8)10-2;1-2-10-8-9-6-4-3-5-7-9;1-2-6-5-3-4-5;1-3-7-5-4-6-2;1-2-5-3-4-5;1-4-5(2)3;1-4(2,3)5;1-4-2-3-4;1-3-4-2;1-2-3-4;1-2-3/h3-5H,6H2,1-2H3,(H,12,13);4-7H,3H2,1-2H3;3-7H,2,8H2,1H3;5-6H,2-4H2,1H3;3-5H2,1-2H3;5H,2-4H2,1H3;4H2,1-3H3;5H,1-3H3;4H,2-3H2,1H3;3H2,1-2H3;2,4H,1H3;3H,2H2,1H3/b;;;;;;;;;;3-2+;. The highest BCUT2D eigenvalue weighted by Gasteiger charge is 2.18. The average Bonchev–Trinajstić information content (AvgIpc) is 4.26. The van der Waals surface area contributed by atoms with E-state index in [1.54, 1.807) is 62.0 Å². The third-order valence-electron chi connectivity index (χ3n) is 9.60. The molecule has 3 aromatic rings. The molecule has 0 spiro atoms. The van der Waals surface area contributed by atoms with Gasteiger partial charge in [0.1, 0.15) is 11.6 Å². The lowest BCUT2D eigenvalue weighted by Crippen LogP contribution is -2.19. The second-order valence-corrected chi connectivity index (χ2v) is 18.7. The zero-order valence-electron chi connectivity index (χ0n) is 52.0. The number of nitrogens with one attached hydrogen (secondary N) is 2. The molecule has 14 heteroatoms. The largest absolute Gasteiger partial charge is 0.496 e. The molecule has 0 aromatic heterocycles. The third kappa shape index (κ3) is 84.0. The maximum absolute atomic E-state index is 12.7. The van der Waals surface area contributed by atoms with Gasteiger partial charge in [-0.05, 0) is 161 Å². The fraction of sp³-hybridized carbons (Fsp3) is 0.677. The van der Waals surface area contributed by atoms with Crippen LogP contribution in [0.5, 0.6) is 5.75 Å². The Morgan fingerprint density at radius 2 is 1.28 bits per heavy atom. The summed E-state index contributed by atoms with van der Waals surface area (Å²) < 4.78 is 37.2. The number of ether oxygens (including phenoxy) is 5. The molecule has 0 atom stereocenters. The van der Waals surface area contributed by atoms with Crippen LogP contribution >= 0.6 is 0 Å². The molecule has 0 saturated heterocycles. The number of aryl methyl sites for hydroxylation is 2. The van der Waals surface area contributed by atoms with Crippen LogP contribution in [0, 0.1) is 24.6 Å². The molecule has 6 rings (SSSR count). The van der Waals surface area contributed by atoms with Crippen molar-refractivity contribution in [2.45, 2.75) is 180 Å². The Hall–Kier alpha value is -3.99. The second kappa shape index (κ2) is 63.5. The van der Waals surface area contributed by atoms with Gasteiger partial charge < -0.3 is 54.6 Å². The van der Waals surface area contributed by atoms with Crippen LogP contribution in [0.25, 0.3) is 0 Å². The van der Waals surface area contributed by atoms with E-state index in [0.29, 0.717) is 19.8 Å². The first kappa shape index (κ1) is 83.3. The molecule has 0 unspecified atom stereocenters. The highest BCUT2D eigenvalue weighted by atomic mass is 19.1. The number of benzene rings is 3. The molecule has 13 nitrogen and oxygen atoms in total. The molecule has 3 aromatic carbocycles. The predicted octanol–water partition coefficient (Wildman–Crippen LogP) is 13.4. The van der Waals surface area contributed by atoms with E-state index in [1.807, 2.05) is 64.1 Å². The number of methoxy groups -OCH3 is 3. The van der Waals surface area contributed by atoms with Gasteiger partial charge in [-0.2, -0.15) is 0 Å². The van der Waals surface area contributed by atoms with E-state index >= 15 is 0 Å². The molecular formula is C62H117FN4O9. The van der Waals surface area contributed by atoms with Gasteiger partial charge in [-0.15, -0.1) is 5.16 Å². The Bertz CT molecular complexity index is 1580. The number of halogens is 1. The Morgan fingerprint density at radius 1 is 0.789 bits per heavy atom. The highest BCUT2D eigenvalue weighted by Crippen LogP contribution is 2.31. The number of rotatable bonds is 16. The maximum atomic E-state index is 12.7. The molecule has 5 N–H and O–H groups in total. The number of amides is 1. The molecule has 446 valence electrons. The van der Waals surface area contributed by atoms with Crippen LogP contribution in [0.1, 0.15) is 164 Å². The summed E-state index contributed by atoms with van der Waals surface area (Å²) in [6.45, 7) is 36.2. The Morgan fingerprint density at radius 3 is 1.57 bits per heavy atom. The lowest BCUT2D eigenvalue weighted by Gasteiger charge is -2.05. The van der Waals surface area contributed by atoms with Gasteiger partial charge in [0.25, 0.3) is 0 Å². The number of hydrogen-bond acceptors (Lipinski definition) is 12. The van der Waals surface area contributed by atoms with Crippen LogP contribution in [0.15, 0.2) is 78.0 Å². The monoisotopic (exact) mass is 1080 g/mol. The van der Waals surface area contributed by atoms with Crippen molar-refractivity contribution in [3.63, 3.8) is 0 Å². The molecule has 3 fully saturated rings. The van der Waals surface area contributed by atoms with Crippen LogP contribution in [0.2, 0.25) is 0 Å². The predicted molar refractivity (Wildman–Crippen MR) is 322 cm³/mol. The highest BCUT2D eigenvalue weighted by molar-refractivity contribution is 5.72. The first-order chi connectivity index (χ1) is 36.1. The smallest absolute Gasteiger partial charge is 0.217 e. The van der Waals surface area contributed by atoms with Gasteiger partial charge >= 0.3 is 0 Å². The normalized spacial score (nSPS) is 12.2. The summed E-state index contributed by atoms with van der Waals surface area (Å²) in [4.78, 5) is 12.7. The molecule has 76 heavy (non-hydrogen) atoms. The van der Waals surface area contributed by atoms with Crippen molar-refractivity contribution in [2.24, 2.45) is 17.0 Å². The van der Waals surface area contributed by atoms with Gasteiger partial charge in [0.2, 0.25) is 5.91 Å². The number of hydrogen-bond donors (Lipinski definition) is 5. The zero-order valence-corrected chi connectivity index (χ0v) is 52.0. The topological polar surface area (TPSA) is 164 Å². The van der Waals surface area contributed by atoms with E-state index in [9.17, 15) is 9.18 Å². The van der Waals surface area contributed by atoms with E-state index in [0.717, 1.165) is 80.7 Å². The average molecular weight is 1080 g/mol. The minimum atomic E-state index is -0.500. The van der Waals surface area contributed by atoms with Crippen molar-refractivity contribution < 1.29 is 48.3 Å². The SMILES string of the molecule is C/C=N/O.CC(=O)NCc1ccc(F)cc1C.CC(C)(C)O.CC1CC1.CCC1CC1.CCN(C)C.CCNC1CC1.CCO.CCOC.CCOCCOC.CCOCc1ccccc1.CCc1ccccc1OC. The molecule has 3 aliphatic rings. The van der Waals surface area contributed by atoms with Crippen molar-refractivity contribution in [1.82, 2.24) is 15.5 Å². The van der Waals surface area contributed by atoms with Gasteiger partial charge in [-0.1, -0.05) is 121 Å². The van der Waals surface area contributed by atoms with E-state index < -0.39 is 5.60 Å². The third-order valence-corrected chi connectivity index (χ3v) is 9.60. The van der Waals surface area contributed by atoms with E-state index in [4.69, 9.17) is 34.4 Å². The van der Waals surface area contributed by atoms with Gasteiger partial charge in [-0.3, -0.25) is 4.79 Å². The van der Waals surface area contributed by atoms with Crippen LogP contribution in [-0.4, -0.2) is 132 Å². The fourth-order valence-electron chi connectivity index (χ4n) is 4.42. The zero-order chi connectivity index (χ0) is 59.4. The first-order valence-electron chi connectivity index (χ1n) is 27.7. The first-order valence-corrected chi connectivity index (χ1v) is 27.7. The Labute approximate surface area is 466 Å². The lowest BCUT2D eigenvalue weighted by atomic mass is 10.1. The van der Waals surface area contributed by atoms with Crippen LogP contribution < -0.4 is 15.4 Å².